The summed E-state index contributed by atoms with van der Waals surface area (Å²) in [5, 5.41) is 12.0. The van der Waals surface area contributed by atoms with Crippen molar-refractivity contribution in [3.8, 4) is 11.1 Å². The SMILES string of the molecule is Cc1ccccc1-c1cc(CN2CCCC2)ccc1C(=O)NC(CCS(C)(=O)=O)C(=O)O. The number of carbonyl (C=O) groups excluding carboxylic acids is 1. The summed E-state index contributed by atoms with van der Waals surface area (Å²) in [6.07, 6.45) is 3.24. The lowest BCUT2D eigenvalue weighted by Gasteiger charge is -2.19. The Balaban J connectivity index is 1.92. The van der Waals surface area contributed by atoms with E-state index in [4.69, 9.17) is 0 Å². The van der Waals surface area contributed by atoms with Crippen LogP contribution in [-0.4, -0.2) is 61.4 Å². The molecule has 1 amide bonds. The zero-order chi connectivity index (χ0) is 23.3. The summed E-state index contributed by atoms with van der Waals surface area (Å²) in [6, 6.07) is 12.1. The van der Waals surface area contributed by atoms with Gasteiger partial charge in [0.15, 0.2) is 0 Å². The molecule has 1 unspecified atom stereocenters. The highest BCUT2D eigenvalue weighted by Gasteiger charge is 2.24. The molecule has 0 aliphatic carbocycles. The van der Waals surface area contributed by atoms with Crippen molar-refractivity contribution in [1.29, 1.82) is 0 Å². The Labute approximate surface area is 189 Å². The summed E-state index contributed by atoms with van der Waals surface area (Å²) < 4.78 is 22.9. The molecule has 2 aromatic carbocycles. The number of amides is 1. The van der Waals surface area contributed by atoms with E-state index in [2.05, 4.69) is 10.2 Å². The topological polar surface area (TPSA) is 104 Å². The van der Waals surface area contributed by atoms with Gasteiger partial charge in [-0.15, -0.1) is 0 Å². The fourth-order valence-electron chi connectivity index (χ4n) is 4.01. The van der Waals surface area contributed by atoms with Gasteiger partial charge >= 0.3 is 5.97 Å². The molecule has 1 saturated heterocycles. The summed E-state index contributed by atoms with van der Waals surface area (Å²) in [4.78, 5) is 27.1. The number of carboxylic acids is 1. The van der Waals surface area contributed by atoms with E-state index in [0.29, 0.717) is 5.56 Å². The summed E-state index contributed by atoms with van der Waals surface area (Å²) in [7, 11) is -3.35. The van der Waals surface area contributed by atoms with Gasteiger partial charge in [0.2, 0.25) is 0 Å². The van der Waals surface area contributed by atoms with E-state index in [1.807, 2.05) is 43.3 Å². The molecule has 1 heterocycles. The molecule has 0 aromatic heterocycles. The van der Waals surface area contributed by atoms with Crippen LogP contribution >= 0.6 is 0 Å². The third kappa shape index (κ3) is 6.40. The summed E-state index contributed by atoms with van der Waals surface area (Å²) in [6.45, 7) is 4.88. The number of hydrogen-bond donors (Lipinski definition) is 2. The van der Waals surface area contributed by atoms with Crippen molar-refractivity contribution >= 4 is 21.7 Å². The van der Waals surface area contributed by atoms with Crippen LogP contribution in [0.3, 0.4) is 0 Å². The van der Waals surface area contributed by atoms with E-state index in [-0.39, 0.29) is 12.2 Å². The third-order valence-electron chi connectivity index (χ3n) is 5.75. The van der Waals surface area contributed by atoms with Crippen LogP contribution in [0.2, 0.25) is 0 Å². The molecular weight excluding hydrogens is 428 g/mol. The first-order valence-corrected chi connectivity index (χ1v) is 12.8. The molecule has 1 fully saturated rings. The van der Waals surface area contributed by atoms with E-state index in [1.165, 1.54) is 12.8 Å². The molecule has 2 N–H and O–H groups in total. The minimum Gasteiger partial charge on any atom is -0.480 e. The van der Waals surface area contributed by atoms with Gasteiger partial charge < -0.3 is 10.4 Å². The third-order valence-corrected chi connectivity index (χ3v) is 6.73. The molecule has 0 saturated carbocycles. The molecule has 0 spiro atoms. The molecule has 8 heteroatoms. The van der Waals surface area contributed by atoms with E-state index in [1.54, 1.807) is 6.07 Å². The van der Waals surface area contributed by atoms with Crippen molar-refractivity contribution in [2.45, 2.75) is 38.8 Å². The largest absolute Gasteiger partial charge is 0.480 e. The number of sulfone groups is 1. The second-order valence-electron chi connectivity index (χ2n) is 8.46. The molecule has 0 radical (unpaired) electrons. The van der Waals surface area contributed by atoms with Gasteiger partial charge in [-0.3, -0.25) is 9.69 Å². The number of aliphatic carboxylic acids is 1. The maximum absolute atomic E-state index is 13.1. The van der Waals surface area contributed by atoms with Crippen molar-refractivity contribution in [1.82, 2.24) is 10.2 Å². The van der Waals surface area contributed by atoms with Crippen molar-refractivity contribution in [3.63, 3.8) is 0 Å². The Bertz CT molecular complexity index is 1090. The number of likely N-dealkylation sites (tertiary alicyclic amines) is 1. The van der Waals surface area contributed by atoms with Crippen LogP contribution in [0.5, 0.6) is 0 Å². The number of aryl methyl sites for hydroxylation is 1. The average Bonchev–Trinajstić information content (AvgIpc) is 3.23. The minimum absolute atomic E-state index is 0.188. The first-order chi connectivity index (χ1) is 15.1. The highest BCUT2D eigenvalue weighted by molar-refractivity contribution is 7.90. The number of benzene rings is 2. The Morgan fingerprint density at radius 3 is 2.41 bits per heavy atom. The van der Waals surface area contributed by atoms with Crippen molar-refractivity contribution < 1.29 is 23.1 Å². The lowest BCUT2D eigenvalue weighted by atomic mass is 9.93. The first-order valence-electron chi connectivity index (χ1n) is 10.8. The fraction of sp³-hybridized carbons (Fsp3) is 0.417. The van der Waals surface area contributed by atoms with Crippen LogP contribution in [0, 0.1) is 6.92 Å². The van der Waals surface area contributed by atoms with Crippen LogP contribution in [0.15, 0.2) is 42.5 Å². The van der Waals surface area contributed by atoms with E-state index in [9.17, 15) is 23.1 Å². The monoisotopic (exact) mass is 458 g/mol. The number of carboxylic acid groups (broad SMARTS) is 1. The first kappa shape index (κ1) is 23.9. The van der Waals surface area contributed by atoms with Crippen LogP contribution in [0.1, 0.15) is 40.7 Å². The van der Waals surface area contributed by atoms with Crippen molar-refractivity contribution in [3.05, 3.63) is 59.2 Å². The van der Waals surface area contributed by atoms with E-state index >= 15 is 0 Å². The van der Waals surface area contributed by atoms with Crippen LogP contribution < -0.4 is 5.32 Å². The van der Waals surface area contributed by atoms with Gasteiger partial charge in [-0.25, -0.2) is 13.2 Å². The standard InChI is InChI=1S/C24H30N2O5S/c1-17-7-3-4-8-19(17)21-15-18(16-26-12-5-6-13-26)9-10-20(21)23(27)25-22(24(28)29)11-14-32(2,30)31/h3-4,7-10,15,22H,5-6,11-14,16H2,1-2H3,(H,25,27)(H,28,29). The predicted molar refractivity (Wildman–Crippen MR) is 124 cm³/mol. The quantitative estimate of drug-likeness (QED) is 0.599. The number of carbonyl (C=O) groups is 2. The van der Waals surface area contributed by atoms with Gasteiger partial charge in [0.25, 0.3) is 5.91 Å². The lowest BCUT2D eigenvalue weighted by Crippen LogP contribution is -2.42. The Morgan fingerprint density at radius 1 is 1.09 bits per heavy atom. The van der Waals surface area contributed by atoms with Crippen molar-refractivity contribution in [2.75, 3.05) is 25.1 Å². The van der Waals surface area contributed by atoms with Crippen LogP contribution in [0.4, 0.5) is 0 Å². The summed E-state index contributed by atoms with van der Waals surface area (Å²) in [5.41, 5.74) is 4.11. The van der Waals surface area contributed by atoms with Gasteiger partial charge in [-0.05, 0) is 73.7 Å². The molecule has 0 bridgehead atoms. The van der Waals surface area contributed by atoms with Crippen molar-refractivity contribution in [2.24, 2.45) is 0 Å². The highest BCUT2D eigenvalue weighted by Crippen LogP contribution is 2.29. The van der Waals surface area contributed by atoms with Crippen LogP contribution in [-0.2, 0) is 21.2 Å². The average molecular weight is 459 g/mol. The van der Waals surface area contributed by atoms with E-state index < -0.39 is 27.8 Å². The lowest BCUT2D eigenvalue weighted by molar-refractivity contribution is -0.139. The molecule has 172 valence electrons. The molecule has 1 aliphatic rings. The van der Waals surface area contributed by atoms with Gasteiger partial charge in [-0.1, -0.05) is 30.3 Å². The second kappa shape index (κ2) is 10.3. The maximum atomic E-state index is 13.1. The van der Waals surface area contributed by atoms with Crippen LogP contribution in [0.25, 0.3) is 11.1 Å². The molecule has 1 atom stereocenters. The van der Waals surface area contributed by atoms with Gasteiger partial charge in [0.1, 0.15) is 15.9 Å². The number of rotatable bonds is 9. The smallest absolute Gasteiger partial charge is 0.326 e. The molecule has 32 heavy (non-hydrogen) atoms. The van der Waals surface area contributed by atoms with E-state index in [0.717, 1.165) is 48.1 Å². The van der Waals surface area contributed by atoms with Gasteiger partial charge in [0, 0.05) is 18.4 Å². The summed E-state index contributed by atoms with van der Waals surface area (Å²) in [5.74, 6) is -2.11. The second-order valence-corrected chi connectivity index (χ2v) is 10.7. The summed E-state index contributed by atoms with van der Waals surface area (Å²) >= 11 is 0. The number of hydrogen-bond acceptors (Lipinski definition) is 5. The molecule has 3 rings (SSSR count). The molecule has 2 aromatic rings. The highest BCUT2D eigenvalue weighted by atomic mass is 32.2. The molecular formula is C24H30N2O5S. The predicted octanol–water partition coefficient (Wildman–Crippen LogP) is 2.88. The number of nitrogens with one attached hydrogen (secondary N) is 1. The Morgan fingerprint density at radius 2 is 1.78 bits per heavy atom. The zero-order valence-corrected chi connectivity index (χ0v) is 19.3. The van der Waals surface area contributed by atoms with Gasteiger partial charge in [0.05, 0.1) is 5.75 Å². The zero-order valence-electron chi connectivity index (χ0n) is 18.5. The minimum atomic E-state index is -3.35. The maximum Gasteiger partial charge on any atom is 0.326 e. The Kier molecular flexibility index (Phi) is 7.69. The van der Waals surface area contributed by atoms with Gasteiger partial charge in [-0.2, -0.15) is 0 Å². The fourth-order valence-corrected chi connectivity index (χ4v) is 4.67. The molecule has 7 nitrogen and oxygen atoms in total. The number of nitrogens with zero attached hydrogens (tertiary/aromatic N) is 1. The molecule has 1 aliphatic heterocycles. The Hall–Kier alpha value is -2.71. The normalized spacial score (nSPS) is 15.4.